The van der Waals surface area contributed by atoms with E-state index in [0.29, 0.717) is 11.3 Å². The lowest BCUT2D eigenvalue weighted by Crippen LogP contribution is -2.32. The van der Waals surface area contributed by atoms with E-state index in [9.17, 15) is 14.0 Å². The van der Waals surface area contributed by atoms with E-state index in [4.69, 9.17) is 0 Å². The Bertz CT molecular complexity index is 1150. The Morgan fingerprint density at radius 2 is 1.59 bits per heavy atom. The van der Waals surface area contributed by atoms with Crippen LogP contribution in [0.4, 0.5) is 15.8 Å². The van der Waals surface area contributed by atoms with Gasteiger partial charge in [0.1, 0.15) is 11.5 Å². The SMILES string of the molecule is Cc1ccc(C2=C(Nc3ccccc3)C(=O)N(c3cccc(F)c3)C2=O)c(C)c1. The molecule has 3 aromatic carbocycles. The van der Waals surface area contributed by atoms with Crippen molar-refractivity contribution in [1.29, 1.82) is 0 Å². The Balaban J connectivity index is 1.87. The van der Waals surface area contributed by atoms with Crippen LogP contribution in [0.15, 0.2) is 78.5 Å². The van der Waals surface area contributed by atoms with Crippen LogP contribution in [-0.4, -0.2) is 11.8 Å². The summed E-state index contributed by atoms with van der Waals surface area (Å²) in [4.78, 5) is 27.6. The number of hydrogen-bond acceptors (Lipinski definition) is 3. The zero-order valence-corrected chi connectivity index (χ0v) is 16.1. The van der Waals surface area contributed by atoms with Crippen molar-refractivity contribution in [3.8, 4) is 0 Å². The van der Waals surface area contributed by atoms with Crippen LogP contribution in [0.1, 0.15) is 16.7 Å². The minimum Gasteiger partial charge on any atom is -0.350 e. The summed E-state index contributed by atoms with van der Waals surface area (Å²) in [5.41, 5.74) is 3.96. The molecule has 0 fully saturated rings. The number of imide groups is 1. The second-order valence-corrected chi connectivity index (χ2v) is 6.98. The first-order chi connectivity index (χ1) is 14.0. The summed E-state index contributed by atoms with van der Waals surface area (Å²) in [6, 6.07) is 20.4. The van der Waals surface area contributed by atoms with Gasteiger partial charge in [-0.3, -0.25) is 9.59 Å². The summed E-state index contributed by atoms with van der Waals surface area (Å²) in [7, 11) is 0. The first-order valence-electron chi connectivity index (χ1n) is 9.24. The van der Waals surface area contributed by atoms with Crippen molar-refractivity contribution >= 4 is 28.8 Å². The van der Waals surface area contributed by atoms with Gasteiger partial charge in [0.2, 0.25) is 0 Å². The minimum absolute atomic E-state index is 0.178. The fourth-order valence-corrected chi connectivity index (χ4v) is 3.51. The van der Waals surface area contributed by atoms with Gasteiger partial charge in [0.15, 0.2) is 0 Å². The number of nitrogens with one attached hydrogen (secondary N) is 1. The standard InChI is InChI=1S/C24H19FN2O2/c1-15-11-12-20(16(2)13-15)21-22(26-18-8-4-3-5-9-18)24(29)27(23(21)28)19-10-6-7-17(25)14-19/h3-14,26H,1-2H3. The summed E-state index contributed by atoms with van der Waals surface area (Å²) in [6.07, 6.45) is 0. The lowest BCUT2D eigenvalue weighted by molar-refractivity contribution is -0.120. The van der Waals surface area contributed by atoms with Gasteiger partial charge in [0.25, 0.3) is 11.8 Å². The number of halogens is 1. The number of benzene rings is 3. The van der Waals surface area contributed by atoms with Crippen molar-refractivity contribution in [2.45, 2.75) is 13.8 Å². The quantitative estimate of drug-likeness (QED) is 0.653. The minimum atomic E-state index is -0.514. The Morgan fingerprint density at radius 3 is 2.28 bits per heavy atom. The Labute approximate surface area is 168 Å². The third kappa shape index (κ3) is 3.43. The molecule has 5 heteroatoms. The number of aryl methyl sites for hydroxylation is 2. The van der Waals surface area contributed by atoms with E-state index in [0.717, 1.165) is 16.0 Å². The largest absolute Gasteiger partial charge is 0.350 e. The molecule has 0 aliphatic carbocycles. The summed E-state index contributed by atoms with van der Waals surface area (Å²) < 4.78 is 13.8. The highest BCUT2D eigenvalue weighted by Crippen LogP contribution is 2.35. The molecule has 4 rings (SSSR count). The number of nitrogens with zero attached hydrogens (tertiary/aromatic N) is 1. The van der Waals surface area contributed by atoms with Gasteiger partial charge in [-0.25, -0.2) is 9.29 Å². The van der Waals surface area contributed by atoms with Crippen molar-refractivity contribution in [3.05, 3.63) is 101 Å². The van der Waals surface area contributed by atoms with Gasteiger partial charge in [-0.05, 0) is 55.3 Å². The molecule has 1 N–H and O–H groups in total. The zero-order chi connectivity index (χ0) is 20.5. The van der Waals surface area contributed by atoms with Crippen LogP contribution in [0.2, 0.25) is 0 Å². The maximum atomic E-state index is 13.8. The second-order valence-electron chi connectivity index (χ2n) is 6.98. The normalized spacial score (nSPS) is 14.0. The number of carbonyl (C=O) groups is 2. The van der Waals surface area contributed by atoms with Gasteiger partial charge in [-0.15, -0.1) is 0 Å². The van der Waals surface area contributed by atoms with Crippen molar-refractivity contribution < 1.29 is 14.0 Å². The maximum absolute atomic E-state index is 13.8. The molecule has 1 heterocycles. The summed E-state index contributed by atoms with van der Waals surface area (Å²) in [6.45, 7) is 3.87. The third-order valence-corrected chi connectivity index (χ3v) is 4.84. The average molecular weight is 386 g/mol. The highest BCUT2D eigenvalue weighted by atomic mass is 19.1. The van der Waals surface area contributed by atoms with Gasteiger partial charge >= 0.3 is 0 Å². The Kier molecular flexibility index (Phi) is 4.72. The summed E-state index contributed by atoms with van der Waals surface area (Å²) >= 11 is 0. The molecule has 1 aliphatic rings. The number of para-hydroxylation sites is 1. The van der Waals surface area contributed by atoms with Crippen molar-refractivity contribution in [2.24, 2.45) is 0 Å². The molecule has 0 radical (unpaired) electrons. The van der Waals surface area contributed by atoms with Crippen LogP contribution < -0.4 is 10.2 Å². The predicted molar refractivity (Wildman–Crippen MR) is 112 cm³/mol. The van der Waals surface area contributed by atoms with Crippen molar-refractivity contribution in [3.63, 3.8) is 0 Å². The lowest BCUT2D eigenvalue weighted by atomic mass is 9.97. The number of rotatable bonds is 4. The Hall–Kier alpha value is -3.73. The molecule has 0 unspecified atom stereocenters. The predicted octanol–water partition coefficient (Wildman–Crippen LogP) is 4.84. The summed E-state index contributed by atoms with van der Waals surface area (Å²) in [5.74, 6) is -1.51. The molecule has 29 heavy (non-hydrogen) atoms. The molecule has 144 valence electrons. The molecule has 0 spiro atoms. The molecular formula is C24H19FN2O2. The molecule has 0 bridgehead atoms. The number of carbonyl (C=O) groups excluding carboxylic acids is 2. The van der Waals surface area contributed by atoms with Gasteiger partial charge in [-0.2, -0.15) is 0 Å². The fourth-order valence-electron chi connectivity index (χ4n) is 3.51. The van der Waals surface area contributed by atoms with E-state index in [2.05, 4.69) is 5.32 Å². The molecular weight excluding hydrogens is 367 g/mol. The maximum Gasteiger partial charge on any atom is 0.282 e. The molecule has 0 aromatic heterocycles. The second kappa shape index (κ2) is 7.36. The highest BCUT2D eigenvalue weighted by molar-refractivity contribution is 6.46. The molecule has 1 aliphatic heterocycles. The molecule has 0 saturated carbocycles. The number of hydrogen-bond donors (Lipinski definition) is 1. The molecule has 0 atom stereocenters. The topological polar surface area (TPSA) is 49.4 Å². The summed E-state index contributed by atoms with van der Waals surface area (Å²) in [5, 5.41) is 3.10. The van der Waals surface area contributed by atoms with E-state index < -0.39 is 17.6 Å². The Morgan fingerprint density at radius 1 is 0.828 bits per heavy atom. The van der Waals surface area contributed by atoms with Crippen LogP contribution in [0.5, 0.6) is 0 Å². The zero-order valence-electron chi connectivity index (χ0n) is 16.1. The smallest absolute Gasteiger partial charge is 0.282 e. The van der Waals surface area contributed by atoms with Gasteiger partial charge < -0.3 is 5.32 Å². The van der Waals surface area contributed by atoms with E-state index in [1.807, 2.05) is 62.4 Å². The van der Waals surface area contributed by atoms with E-state index >= 15 is 0 Å². The lowest BCUT2D eigenvalue weighted by Gasteiger charge is -2.15. The number of amides is 2. The molecule has 2 amide bonds. The fraction of sp³-hybridized carbons (Fsp3) is 0.0833. The van der Waals surface area contributed by atoms with E-state index in [-0.39, 0.29) is 17.0 Å². The highest BCUT2D eigenvalue weighted by Gasteiger charge is 2.40. The van der Waals surface area contributed by atoms with Crippen LogP contribution in [0.3, 0.4) is 0 Å². The average Bonchev–Trinajstić information content (AvgIpc) is 2.93. The monoisotopic (exact) mass is 386 g/mol. The van der Waals surface area contributed by atoms with Crippen LogP contribution in [0, 0.1) is 19.7 Å². The van der Waals surface area contributed by atoms with E-state index in [1.165, 1.54) is 18.2 Å². The molecule has 0 saturated heterocycles. The van der Waals surface area contributed by atoms with Gasteiger partial charge in [0.05, 0.1) is 11.3 Å². The van der Waals surface area contributed by atoms with Gasteiger partial charge in [-0.1, -0.05) is 48.0 Å². The first-order valence-corrected chi connectivity index (χ1v) is 9.24. The van der Waals surface area contributed by atoms with Crippen LogP contribution in [-0.2, 0) is 9.59 Å². The van der Waals surface area contributed by atoms with Crippen LogP contribution in [0.25, 0.3) is 5.57 Å². The molecule has 3 aromatic rings. The van der Waals surface area contributed by atoms with Crippen molar-refractivity contribution in [1.82, 2.24) is 0 Å². The van der Waals surface area contributed by atoms with Crippen LogP contribution >= 0.6 is 0 Å². The number of anilines is 2. The third-order valence-electron chi connectivity index (χ3n) is 4.84. The van der Waals surface area contributed by atoms with Gasteiger partial charge in [0, 0.05) is 5.69 Å². The van der Waals surface area contributed by atoms with Crippen molar-refractivity contribution in [2.75, 3.05) is 10.2 Å². The first kappa shape index (κ1) is 18.6. The molecule has 4 nitrogen and oxygen atoms in total. The van der Waals surface area contributed by atoms with E-state index in [1.54, 1.807) is 6.07 Å².